The highest BCUT2D eigenvalue weighted by molar-refractivity contribution is 8.17. The van der Waals surface area contributed by atoms with Gasteiger partial charge in [0.15, 0.2) is 0 Å². The Morgan fingerprint density at radius 2 is 1.98 bits per heavy atom. The number of nitrogens with zero attached hydrogens (tertiary/aromatic N) is 3. The first-order valence-corrected chi connectivity index (χ1v) is 14.7. The summed E-state index contributed by atoms with van der Waals surface area (Å²) in [6.07, 6.45) is 3.41. The van der Waals surface area contributed by atoms with E-state index >= 15 is 0 Å². The van der Waals surface area contributed by atoms with Crippen molar-refractivity contribution in [2.45, 2.75) is 53.1 Å². The molecule has 0 radical (unpaired) electrons. The summed E-state index contributed by atoms with van der Waals surface area (Å²) in [5.74, 6) is -0.560. The molecule has 1 fully saturated rings. The molecule has 0 aliphatic carbocycles. The molecule has 2 aromatic rings. The standard InChI is InChI=1S/C31H39FN4O3S/c1-5-6-11-35(16-23-9-7-8-10-27(23)32)30-22(4)15-34-29(40-30)24-12-20(2)28(21(3)13-24)39-19-26(14-33)36-17-25(18-36)31(37)38/h7-10,12-14,25-26,33H,5-6,11,15-19H2,1-4H3,(H,37,38). The van der Waals surface area contributed by atoms with Gasteiger partial charge in [-0.25, -0.2) is 4.39 Å². The first-order valence-electron chi connectivity index (χ1n) is 13.8. The largest absolute Gasteiger partial charge is 0.491 e. The lowest BCUT2D eigenvalue weighted by Gasteiger charge is -2.40. The summed E-state index contributed by atoms with van der Waals surface area (Å²) in [5.41, 5.74) is 4.86. The number of nitrogens with one attached hydrogen (secondary N) is 1. The highest BCUT2D eigenvalue weighted by atomic mass is 32.2. The molecule has 1 saturated heterocycles. The van der Waals surface area contributed by atoms with E-state index in [0.717, 1.165) is 51.9 Å². The average Bonchev–Trinajstić information content (AvgIpc) is 2.89. The van der Waals surface area contributed by atoms with E-state index in [2.05, 4.69) is 30.9 Å². The highest BCUT2D eigenvalue weighted by Crippen LogP contribution is 2.36. The van der Waals surface area contributed by atoms with Gasteiger partial charge in [0, 0.05) is 43.5 Å². The lowest BCUT2D eigenvalue weighted by Crippen LogP contribution is -2.56. The normalized spacial score (nSPS) is 16.8. The minimum atomic E-state index is -0.791. The smallest absolute Gasteiger partial charge is 0.309 e. The number of carboxylic acid groups (broad SMARTS) is 1. The van der Waals surface area contributed by atoms with Crippen LogP contribution in [0.25, 0.3) is 0 Å². The molecule has 2 heterocycles. The Hall–Kier alpha value is -3.17. The third-order valence-electron chi connectivity index (χ3n) is 7.43. The Morgan fingerprint density at radius 3 is 2.60 bits per heavy atom. The van der Waals surface area contributed by atoms with Gasteiger partial charge in [-0.1, -0.05) is 43.3 Å². The number of ether oxygens (including phenoxy) is 1. The first kappa shape index (κ1) is 29.8. The number of aliphatic imine (C=N–C) groups is 1. The zero-order valence-corrected chi connectivity index (χ0v) is 24.6. The molecule has 2 aliphatic heterocycles. The number of carbonyl (C=O) groups is 1. The van der Waals surface area contributed by atoms with Crippen LogP contribution >= 0.6 is 11.8 Å². The van der Waals surface area contributed by atoms with Crippen LogP contribution in [0.3, 0.4) is 0 Å². The molecule has 214 valence electrons. The number of thioether (sulfide) groups is 1. The molecule has 4 rings (SSSR count). The van der Waals surface area contributed by atoms with E-state index < -0.39 is 5.97 Å². The average molecular weight is 567 g/mol. The number of benzene rings is 2. The topological polar surface area (TPSA) is 89.2 Å². The quantitative estimate of drug-likeness (QED) is 0.294. The minimum Gasteiger partial charge on any atom is -0.491 e. The number of unbranched alkanes of at least 4 members (excludes halogenated alkanes) is 1. The molecule has 0 saturated carbocycles. The fraction of sp³-hybridized carbons (Fsp3) is 0.452. The van der Waals surface area contributed by atoms with Gasteiger partial charge in [-0.15, -0.1) is 0 Å². The molecular weight excluding hydrogens is 527 g/mol. The number of aryl methyl sites for hydroxylation is 2. The molecule has 0 aromatic heterocycles. The van der Waals surface area contributed by atoms with E-state index in [4.69, 9.17) is 20.2 Å². The second-order valence-electron chi connectivity index (χ2n) is 10.6. The second kappa shape index (κ2) is 13.5. The van der Waals surface area contributed by atoms with Crippen molar-refractivity contribution in [3.05, 3.63) is 75.1 Å². The fourth-order valence-corrected chi connectivity index (χ4v) is 6.13. The zero-order valence-electron chi connectivity index (χ0n) is 23.7. The monoisotopic (exact) mass is 566 g/mol. The molecule has 7 nitrogen and oxygen atoms in total. The SMILES string of the molecule is CCCCN(Cc1ccccc1F)C1=C(C)CN=C(c2cc(C)c(OCC(C=N)N3CC(C(=O)O)C3)c(C)c2)S1. The molecule has 2 aliphatic rings. The molecule has 2 aromatic carbocycles. The summed E-state index contributed by atoms with van der Waals surface area (Å²) in [4.78, 5) is 20.3. The van der Waals surface area contributed by atoms with Crippen molar-refractivity contribution in [2.75, 3.05) is 32.8 Å². The van der Waals surface area contributed by atoms with Crippen molar-refractivity contribution in [3.8, 4) is 5.75 Å². The Kier molecular flexibility index (Phi) is 10.0. The van der Waals surface area contributed by atoms with Crippen LogP contribution in [0, 0.1) is 31.0 Å². The highest BCUT2D eigenvalue weighted by Gasteiger charge is 2.36. The van der Waals surface area contributed by atoms with Crippen LogP contribution in [-0.2, 0) is 11.3 Å². The first-order chi connectivity index (χ1) is 19.2. The van der Waals surface area contributed by atoms with Crippen molar-refractivity contribution in [2.24, 2.45) is 10.9 Å². The lowest BCUT2D eigenvalue weighted by atomic mass is 9.98. The summed E-state index contributed by atoms with van der Waals surface area (Å²) >= 11 is 1.65. The van der Waals surface area contributed by atoms with Crippen LogP contribution in [0.15, 0.2) is 52.0 Å². The molecule has 1 atom stereocenters. The number of aliphatic carboxylic acids is 1. The van der Waals surface area contributed by atoms with E-state index in [9.17, 15) is 9.18 Å². The number of hydrogen-bond acceptors (Lipinski definition) is 7. The van der Waals surface area contributed by atoms with Crippen molar-refractivity contribution >= 4 is 29.0 Å². The Balaban J connectivity index is 1.47. The van der Waals surface area contributed by atoms with Gasteiger partial charge in [-0.2, -0.15) is 0 Å². The summed E-state index contributed by atoms with van der Waals surface area (Å²) in [5, 5.41) is 19.0. The number of halogens is 1. The molecule has 9 heteroatoms. The van der Waals surface area contributed by atoms with Gasteiger partial charge in [0.2, 0.25) is 0 Å². The Morgan fingerprint density at radius 1 is 1.27 bits per heavy atom. The van der Waals surface area contributed by atoms with Crippen LogP contribution in [0.1, 0.15) is 48.9 Å². The van der Waals surface area contributed by atoms with E-state index in [-0.39, 0.29) is 17.8 Å². The van der Waals surface area contributed by atoms with E-state index in [1.165, 1.54) is 17.9 Å². The Labute approximate surface area is 240 Å². The van der Waals surface area contributed by atoms with Crippen LogP contribution in [0.5, 0.6) is 5.75 Å². The van der Waals surface area contributed by atoms with Gasteiger partial charge >= 0.3 is 5.97 Å². The van der Waals surface area contributed by atoms with Gasteiger partial charge in [0.05, 0.1) is 23.5 Å². The summed E-state index contributed by atoms with van der Waals surface area (Å²) in [6, 6.07) is 10.9. The summed E-state index contributed by atoms with van der Waals surface area (Å²) in [7, 11) is 0. The van der Waals surface area contributed by atoms with Crippen molar-refractivity contribution in [1.82, 2.24) is 9.80 Å². The third kappa shape index (κ3) is 6.93. The third-order valence-corrected chi connectivity index (χ3v) is 8.79. The summed E-state index contributed by atoms with van der Waals surface area (Å²) < 4.78 is 20.7. The molecule has 1 unspecified atom stereocenters. The van der Waals surface area contributed by atoms with Crippen LogP contribution < -0.4 is 4.74 Å². The second-order valence-corrected chi connectivity index (χ2v) is 11.6. The minimum absolute atomic E-state index is 0.181. The van der Waals surface area contributed by atoms with Gasteiger partial charge < -0.3 is 20.2 Å². The van der Waals surface area contributed by atoms with Gasteiger partial charge in [0.25, 0.3) is 0 Å². The predicted molar refractivity (Wildman–Crippen MR) is 160 cm³/mol. The van der Waals surface area contributed by atoms with Crippen molar-refractivity contribution in [3.63, 3.8) is 0 Å². The molecule has 0 bridgehead atoms. The van der Waals surface area contributed by atoms with E-state index in [1.54, 1.807) is 17.8 Å². The number of carboxylic acids is 1. The number of hydrogen-bond donors (Lipinski definition) is 2. The molecule has 0 amide bonds. The van der Waals surface area contributed by atoms with Crippen LogP contribution in [0.2, 0.25) is 0 Å². The van der Waals surface area contributed by atoms with Crippen LogP contribution in [-0.4, -0.2) is 71.0 Å². The lowest BCUT2D eigenvalue weighted by molar-refractivity contribution is -0.148. The van der Waals surface area contributed by atoms with Gasteiger partial charge in [0.1, 0.15) is 23.2 Å². The number of rotatable bonds is 13. The van der Waals surface area contributed by atoms with Crippen molar-refractivity contribution < 1.29 is 19.0 Å². The molecule has 40 heavy (non-hydrogen) atoms. The maximum absolute atomic E-state index is 14.5. The molecular formula is C31H39FN4O3S. The Bertz CT molecular complexity index is 1280. The number of likely N-dealkylation sites (tertiary alicyclic amines) is 1. The maximum Gasteiger partial charge on any atom is 0.309 e. The van der Waals surface area contributed by atoms with Crippen LogP contribution in [0.4, 0.5) is 4.39 Å². The predicted octanol–water partition coefficient (Wildman–Crippen LogP) is 5.88. The van der Waals surface area contributed by atoms with Gasteiger partial charge in [-0.05, 0) is 62.1 Å². The maximum atomic E-state index is 14.5. The fourth-order valence-electron chi connectivity index (χ4n) is 5.06. The van der Waals surface area contributed by atoms with E-state index in [1.807, 2.05) is 30.9 Å². The van der Waals surface area contributed by atoms with E-state index in [0.29, 0.717) is 38.3 Å². The van der Waals surface area contributed by atoms with Gasteiger partial charge in [-0.3, -0.25) is 14.7 Å². The van der Waals surface area contributed by atoms with Crippen molar-refractivity contribution in [1.29, 1.82) is 5.41 Å². The molecule has 0 spiro atoms. The molecule has 2 N–H and O–H groups in total. The zero-order chi connectivity index (χ0) is 28.8. The summed E-state index contributed by atoms with van der Waals surface area (Å²) in [6.45, 7) is 11.4.